The molecule has 2 aliphatic rings. The highest BCUT2D eigenvalue weighted by Crippen LogP contribution is 2.50. The average molecular weight is 442 g/mol. The minimum atomic E-state index is -0.325. The third kappa shape index (κ3) is 2.37. The molecule has 34 heavy (non-hydrogen) atoms. The Kier molecular flexibility index (Phi) is 3.80. The largest absolute Gasteiger partial charge is 0.333 e. The number of hydrogen-bond acceptors (Lipinski definition) is 1. The van der Waals surface area contributed by atoms with Gasteiger partial charge in [0.25, 0.3) is 0 Å². The van der Waals surface area contributed by atoms with Crippen molar-refractivity contribution in [2.45, 2.75) is 0 Å². The van der Waals surface area contributed by atoms with Crippen molar-refractivity contribution >= 4 is 38.1 Å². The molecule has 0 radical (unpaired) electrons. The number of para-hydroxylation sites is 1. The van der Waals surface area contributed by atoms with Crippen LogP contribution in [0.4, 0.5) is 4.39 Å². The zero-order valence-electron chi connectivity index (χ0n) is 18.4. The van der Waals surface area contributed by atoms with Crippen molar-refractivity contribution in [2.24, 2.45) is 7.05 Å². The molecule has 162 valence electrons. The second-order valence-corrected chi connectivity index (χ2v) is 8.74. The van der Waals surface area contributed by atoms with Gasteiger partial charge in [-0.05, 0) is 46.2 Å². The summed E-state index contributed by atoms with van der Waals surface area (Å²) >= 11 is 0. The van der Waals surface area contributed by atoms with E-state index < -0.39 is 0 Å². The number of rotatable bonds is 1. The molecule has 0 saturated carbocycles. The van der Waals surface area contributed by atoms with Gasteiger partial charge in [-0.1, -0.05) is 72.8 Å². The smallest absolute Gasteiger partial charge is 0.296 e. The average Bonchev–Trinajstić information content (AvgIpc) is 3.22. The Morgan fingerprint density at radius 1 is 0.618 bits per heavy atom. The van der Waals surface area contributed by atoms with Crippen LogP contribution in [-0.2, 0) is 7.05 Å². The summed E-state index contributed by atoms with van der Waals surface area (Å²) in [7, 11) is 1.74. The molecule has 4 aromatic carbocycles. The molecule has 0 N–H and O–H groups in total. The summed E-state index contributed by atoms with van der Waals surface area (Å²) in [5, 5.41) is 3.89. The molecule has 5 aromatic rings. The van der Waals surface area contributed by atoms with Crippen LogP contribution in [0.5, 0.6) is 0 Å². The predicted molar refractivity (Wildman–Crippen MR) is 137 cm³/mol. The van der Waals surface area contributed by atoms with Crippen LogP contribution in [0.2, 0.25) is 0 Å². The first-order valence-electron chi connectivity index (χ1n) is 11.3. The summed E-state index contributed by atoms with van der Waals surface area (Å²) in [5.41, 5.74) is 6.41. The summed E-state index contributed by atoms with van der Waals surface area (Å²) < 4.78 is 17.9. The molecule has 0 amide bonds. The Morgan fingerprint density at radius 2 is 1.26 bits per heavy atom. The molecule has 0 bridgehead atoms. The van der Waals surface area contributed by atoms with Gasteiger partial charge in [0, 0.05) is 28.9 Å². The fraction of sp³-hybridized carbons (Fsp3) is 0.0333. The number of pyridine rings is 1. The third-order valence-corrected chi connectivity index (χ3v) is 6.96. The van der Waals surface area contributed by atoms with Crippen LogP contribution in [0.25, 0.3) is 60.3 Å². The number of halogens is 1. The van der Waals surface area contributed by atoms with Gasteiger partial charge in [0.15, 0.2) is 0 Å². The molecule has 1 aliphatic carbocycles. The predicted octanol–water partition coefficient (Wildman–Crippen LogP) is 7.01. The van der Waals surface area contributed by atoms with E-state index in [0.29, 0.717) is 10.9 Å². The Balaban J connectivity index is 1.91. The minimum absolute atomic E-state index is 0.154. The molecule has 2 heterocycles. The second kappa shape index (κ2) is 6.78. The molecule has 3 nitrogen and oxygen atoms in total. The maximum Gasteiger partial charge on any atom is 0.333 e. The standard InChI is InChI=1S/C30H19FN2O/c1-32-24-16-15-19(31)17-23(24)29-28-21-12-6-5-11-20(21)26(18-9-3-2-4-10-18)27(28)22-13-7-8-14-25(22)33(29)30(32)34/h2-17H,1H3. The summed E-state index contributed by atoms with van der Waals surface area (Å²) in [4.78, 5) is 13.7. The van der Waals surface area contributed by atoms with Gasteiger partial charge in [0.2, 0.25) is 0 Å². The van der Waals surface area contributed by atoms with Crippen molar-refractivity contribution in [3.05, 3.63) is 113 Å². The molecule has 0 spiro atoms. The van der Waals surface area contributed by atoms with Gasteiger partial charge in [-0.15, -0.1) is 0 Å². The zero-order valence-corrected chi connectivity index (χ0v) is 18.4. The van der Waals surface area contributed by atoms with Crippen LogP contribution in [0, 0.1) is 5.82 Å². The lowest BCUT2D eigenvalue weighted by Crippen LogP contribution is -2.26. The Labute approximate surface area is 194 Å². The van der Waals surface area contributed by atoms with E-state index in [1.165, 1.54) is 6.07 Å². The van der Waals surface area contributed by atoms with E-state index in [9.17, 15) is 9.18 Å². The second-order valence-electron chi connectivity index (χ2n) is 8.74. The lowest BCUT2D eigenvalue weighted by molar-refractivity contribution is 0.629. The fourth-order valence-electron chi connectivity index (χ4n) is 5.54. The van der Waals surface area contributed by atoms with Crippen molar-refractivity contribution in [1.29, 1.82) is 0 Å². The number of aryl methyl sites for hydroxylation is 1. The Bertz CT molecular complexity index is 1950. The lowest BCUT2D eigenvalue weighted by Gasteiger charge is -2.19. The van der Waals surface area contributed by atoms with E-state index in [-0.39, 0.29) is 11.5 Å². The number of nitrogens with zero attached hydrogens (tertiary/aromatic N) is 2. The molecular formula is C30H19FN2O. The van der Waals surface area contributed by atoms with Gasteiger partial charge in [0.05, 0.1) is 16.6 Å². The van der Waals surface area contributed by atoms with Gasteiger partial charge in [-0.2, -0.15) is 0 Å². The van der Waals surface area contributed by atoms with E-state index in [2.05, 4.69) is 30.3 Å². The van der Waals surface area contributed by atoms with Crippen LogP contribution >= 0.6 is 0 Å². The third-order valence-electron chi connectivity index (χ3n) is 6.96. The highest BCUT2D eigenvalue weighted by atomic mass is 19.1. The first-order chi connectivity index (χ1) is 16.6. The van der Waals surface area contributed by atoms with Gasteiger partial charge in [-0.25, -0.2) is 9.18 Å². The van der Waals surface area contributed by atoms with Crippen LogP contribution in [0.3, 0.4) is 0 Å². The maximum absolute atomic E-state index is 14.6. The topological polar surface area (TPSA) is 26.4 Å². The summed E-state index contributed by atoms with van der Waals surface area (Å²) in [6, 6.07) is 31.3. The maximum atomic E-state index is 14.6. The molecule has 0 saturated heterocycles. The molecular weight excluding hydrogens is 423 g/mol. The molecule has 0 atom stereocenters. The zero-order chi connectivity index (χ0) is 23.0. The van der Waals surface area contributed by atoms with Gasteiger partial charge in [-0.3, -0.25) is 8.97 Å². The molecule has 0 unspecified atom stereocenters. The quantitative estimate of drug-likeness (QED) is 0.251. The van der Waals surface area contributed by atoms with Crippen LogP contribution in [0.15, 0.2) is 102 Å². The molecule has 4 heteroatoms. The monoisotopic (exact) mass is 442 g/mol. The normalized spacial score (nSPS) is 11.9. The van der Waals surface area contributed by atoms with Crippen molar-refractivity contribution in [3.63, 3.8) is 0 Å². The van der Waals surface area contributed by atoms with Gasteiger partial charge in [0.1, 0.15) is 5.82 Å². The summed E-state index contributed by atoms with van der Waals surface area (Å²) in [6.45, 7) is 0. The Hall–Kier alpha value is -4.44. The molecule has 1 aromatic heterocycles. The van der Waals surface area contributed by atoms with Gasteiger partial charge >= 0.3 is 5.69 Å². The highest BCUT2D eigenvalue weighted by molar-refractivity contribution is 6.27. The van der Waals surface area contributed by atoms with Crippen molar-refractivity contribution in [2.75, 3.05) is 0 Å². The lowest BCUT2D eigenvalue weighted by atomic mass is 9.94. The highest BCUT2D eigenvalue weighted by Gasteiger charge is 2.27. The van der Waals surface area contributed by atoms with E-state index in [4.69, 9.17) is 0 Å². The van der Waals surface area contributed by atoms with E-state index >= 15 is 0 Å². The summed E-state index contributed by atoms with van der Waals surface area (Å²) in [5.74, 6) is -0.325. The van der Waals surface area contributed by atoms with Crippen molar-refractivity contribution < 1.29 is 4.39 Å². The number of benzene rings is 4. The number of fused-ring (bicyclic) bond motifs is 10. The van der Waals surface area contributed by atoms with E-state index in [0.717, 1.165) is 49.4 Å². The van der Waals surface area contributed by atoms with E-state index in [1.807, 2.05) is 48.5 Å². The SMILES string of the molecule is Cn1c(=O)n2c3ccccc3c3c(-c4ccccc4)c4ccccc4c-3c2c2cc(F)ccc21. The van der Waals surface area contributed by atoms with E-state index in [1.54, 1.807) is 28.1 Å². The molecule has 7 rings (SSSR count). The minimum Gasteiger partial charge on any atom is -0.296 e. The number of hydrogen-bond donors (Lipinski definition) is 0. The summed E-state index contributed by atoms with van der Waals surface area (Å²) in [6.07, 6.45) is 0. The van der Waals surface area contributed by atoms with Crippen LogP contribution in [-0.4, -0.2) is 8.97 Å². The van der Waals surface area contributed by atoms with Crippen molar-refractivity contribution in [3.8, 4) is 22.3 Å². The number of aromatic nitrogens is 2. The first kappa shape index (κ1) is 19.1. The van der Waals surface area contributed by atoms with Crippen LogP contribution < -0.4 is 5.69 Å². The van der Waals surface area contributed by atoms with Gasteiger partial charge < -0.3 is 0 Å². The van der Waals surface area contributed by atoms with Crippen LogP contribution in [0.1, 0.15) is 0 Å². The first-order valence-corrected chi connectivity index (χ1v) is 11.3. The molecule has 0 fully saturated rings. The Morgan fingerprint density at radius 3 is 2.03 bits per heavy atom. The fourth-order valence-corrected chi connectivity index (χ4v) is 5.54. The molecule has 1 aliphatic heterocycles. The van der Waals surface area contributed by atoms with Crippen molar-refractivity contribution in [1.82, 2.24) is 8.97 Å².